The minimum absolute atomic E-state index is 0.166. The van der Waals surface area contributed by atoms with Crippen LogP contribution >= 0.6 is 0 Å². The predicted octanol–water partition coefficient (Wildman–Crippen LogP) is 5.65. The molecule has 1 N–H and O–H groups in total. The topological polar surface area (TPSA) is 37.3 Å². The Kier molecular flexibility index (Phi) is 12.2. The van der Waals surface area contributed by atoms with E-state index >= 15 is 0 Å². The maximum atomic E-state index is 10.6. The third-order valence-electron chi connectivity index (χ3n) is 3.84. The van der Waals surface area contributed by atoms with Crippen LogP contribution in [-0.4, -0.2) is 11.1 Å². The van der Waals surface area contributed by atoms with Crippen molar-refractivity contribution in [3.63, 3.8) is 0 Å². The molecule has 0 aromatic carbocycles. The Morgan fingerprint density at radius 3 is 1.47 bits per heavy atom. The second kappa shape index (κ2) is 12.5. The van der Waals surface area contributed by atoms with Gasteiger partial charge in [0.1, 0.15) is 0 Å². The molecule has 2 heteroatoms. The molecule has 0 bridgehead atoms. The first-order valence-corrected chi connectivity index (χ1v) is 8.26. The van der Waals surface area contributed by atoms with E-state index in [1.54, 1.807) is 6.92 Å². The zero-order chi connectivity index (χ0) is 14.5. The van der Waals surface area contributed by atoms with Gasteiger partial charge in [-0.15, -0.1) is 0 Å². The Hall–Kier alpha value is -0.530. The molecule has 1 unspecified atom stereocenters. The molecule has 0 spiro atoms. The molecule has 0 aliphatic carbocycles. The highest BCUT2D eigenvalue weighted by Crippen LogP contribution is 2.14. The van der Waals surface area contributed by atoms with Crippen LogP contribution in [-0.2, 0) is 4.79 Å². The van der Waals surface area contributed by atoms with Crippen LogP contribution in [0.2, 0.25) is 0 Å². The summed E-state index contributed by atoms with van der Waals surface area (Å²) in [5.74, 6) is 0.0375. The first-order chi connectivity index (χ1) is 9.04. The highest BCUT2D eigenvalue weighted by Gasteiger charge is 2.09. The molecule has 2 nitrogen and oxygen atoms in total. The van der Waals surface area contributed by atoms with E-state index < -0.39 is 5.97 Å². The highest BCUT2D eigenvalue weighted by atomic mass is 16.4. The molecule has 0 amide bonds. The third kappa shape index (κ3) is 13.7. The first kappa shape index (κ1) is 18.5. The molecule has 0 heterocycles. The van der Waals surface area contributed by atoms with Crippen molar-refractivity contribution in [3.8, 4) is 0 Å². The lowest BCUT2D eigenvalue weighted by atomic mass is 10.0. The lowest BCUT2D eigenvalue weighted by Gasteiger charge is -2.06. The van der Waals surface area contributed by atoms with E-state index in [0.29, 0.717) is 0 Å². The Morgan fingerprint density at radius 2 is 1.11 bits per heavy atom. The average molecular weight is 270 g/mol. The van der Waals surface area contributed by atoms with Gasteiger partial charge >= 0.3 is 5.97 Å². The van der Waals surface area contributed by atoms with Crippen LogP contribution in [0.25, 0.3) is 0 Å². The van der Waals surface area contributed by atoms with Crippen molar-refractivity contribution in [2.45, 2.75) is 91.4 Å². The Labute approximate surface area is 120 Å². The fraction of sp³-hybridized carbons (Fsp3) is 0.941. The quantitative estimate of drug-likeness (QED) is 0.439. The summed E-state index contributed by atoms with van der Waals surface area (Å²) < 4.78 is 0. The van der Waals surface area contributed by atoms with E-state index in [9.17, 15) is 4.79 Å². The number of aliphatic carboxylic acids is 1. The number of hydrogen-bond acceptors (Lipinski definition) is 1. The summed E-state index contributed by atoms with van der Waals surface area (Å²) in [7, 11) is 0. The first-order valence-electron chi connectivity index (χ1n) is 8.26. The van der Waals surface area contributed by atoms with Crippen LogP contribution in [0.3, 0.4) is 0 Å². The van der Waals surface area contributed by atoms with E-state index in [2.05, 4.69) is 13.8 Å². The molecule has 1 atom stereocenters. The zero-order valence-corrected chi connectivity index (χ0v) is 13.3. The Morgan fingerprint density at radius 1 is 0.737 bits per heavy atom. The van der Waals surface area contributed by atoms with E-state index in [1.165, 1.54) is 57.8 Å². The molecule has 0 fully saturated rings. The van der Waals surface area contributed by atoms with Crippen molar-refractivity contribution in [2.75, 3.05) is 0 Å². The van der Waals surface area contributed by atoms with Crippen molar-refractivity contribution in [3.05, 3.63) is 0 Å². The van der Waals surface area contributed by atoms with Gasteiger partial charge in [0, 0.05) is 0 Å². The van der Waals surface area contributed by atoms with Gasteiger partial charge in [-0.1, -0.05) is 85.0 Å². The molecular formula is C17H34O2. The van der Waals surface area contributed by atoms with Gasteiger partial charge in [0.2, 0.25) is 0 Å². The molecule has 0 aromatic rings. The number of unbranched alkanes of at least 4 members (excludes halogenated alkanes) is 8. The number of hydrogen-bond donors (Lipinski definition) is 1. The minimum Gasteiger partial charge on any atom is -0.481 e. The van der Waals surface area contributed by atoms with E-state index in [0.717, 1.165) is 18.8 Å². The monoisotopic (exact) mass is 270 g/mol. The lowest BCUT2D eigenvalue weighted by Crippen LogP contribution is -2.08. The summed E-state index contributed by atoms with van der Waals surface area (Å²) in [5, 5.41) is 8.76. The normalized spacial score (nSPS) is 12.8. The maximum absolute atomic E-state index is 10.6. The third-order valence-corrected chi connectivity index (χ3v) is 3.84. The van der Waals surface area contributed by atoms with Crippen LogP contribution in [0.15, 0.2) is 0 Å². The molecule has 19 heavy (non-hydrogen) atoms. The lowest BCUT2D eigenvalue weighted by molar-refractivity contribution is -0.141. The van der Waals surface area contributed by atoms with Crippen LogP contribution in [0, 0.1) is 11.8 Å². The molecule has 0 radical (unpaired) electrons. The van der Waals surface area contributed by atoms with Gasteiger partial charge in [-0.3, -0.25) is 4.79 Å². The van der Waals surface area contributed by atoms with Gasteiger partial charge in [-0.05, 0) is 12.3 Å². The molecule has 0 saturated heterocycles. The van der Waals surface area contributed by atoms with E-state index in [4.69, 9.17) is 5.11 Å². The second-order valence-corrected chi connectivity index (χ2v) is 6.39. The number of rotatable bonds is 13. The molecular weight excluding hydrogens is 236 g/mol. The van der Waals surface area contributed by atoms with Crippen molar-refractivity contribution in [1.29, 1.82) is 0 Å². The molecule has 0 aliphatic heterocycles. The van der Waals surface area contributed by atoms with Crippen molar-refractivity contribution in [1.82, 2.24) is 0 Å². The molecule has 0 aliphatic rings. The summed E-state index contributed by atoms with van der Waals surface area (Å²) in [6, 6.07) is 0. The Bertz CT molecular complexity index is 211. The fourth-order valence-corrected chi connectivity index (χ4v) is 2.36. The number of carboxylic acids is 1. The highest BCUT2D eigenvalue weighted by molar-refractivity contribution is 5.69. The molecule has 0 aromatic heterocycles. The molecule has 114 valence electrons. The van der Waals surface area contributed by atoms with E-state index in [-0.39, 0.29) is 5.92 Å². The van der Waals surface area contributed by atoms with E-state index in [1.807, 2.05) is 0 Å². The van der Waals surface area contributed by atoms with Crippen molar-refractivity contribution < 1.29 is 9.90 Å². The van der Waals surface area contributed by atoms with Gasteiger partial charge in [0.25, 0.3) is 0 Å². The minimum atomic E-state index is -0.651. The molecule has 0 saturated carbocycles. The van der Waals surface area contributed by atoms with Gasteiger partial charge in [-0.25, -0.2) is 0 Å². The zero-order valence-electron chi connectivity index (χ0n) is 13.3. The number of carboxylic acid groups (broad SMARTS) is 1. The summed E-state index contributed by atoms with van der Waals surface area (Å²) in [4.78, 5) is 10.6. The van der Waals surface area contributed by atoms with Crippen LogP contribution in [0.1, 0.15) is 91.4 Å². The maximum Gasteiger partial charge on any atom is 0.306 e. The standard InChI is InChI=1S/C17H34O2/c1-15(2)13-11-9-7-5-4-6-8-10-12-14-16(3)17(18)19/h15-16H,4-14H2,1-3H3,(H,18,19). The van der Waals surface area contributed by atoms with Crippen molar-refractivity contribution in [2.24, 2.45) is 11.8 Å². The van der Waals surface area contributed by atoms with Crippen molar-refractivity contribution >= 4 is 5.97 Å². The van der Waals surface area contributed by atoms with Crippen LogP contribution < -0.4 is 0 Å². The van der Waals surface area contributed by atoms with Crippen LogP contribution in [0.4, 0.5) is 0 Å². The smallest absolute Gasteiger partial charge is 0.306 e. The summed E-state index contributed by atoms with van der Waals surface area (Å²) in [6.45, 7) is 6.40. The van der Waals surface area contributed by atoms with Gasteiger partial charge < -0.3 is 5.11 Å². The summed E-state index contributed by atoms with van der Waals surface area (Å²) in [6.07, 6.45) is 14.0. The van der Waals surface area contributed by atoms with Gasteiger partial charge in [0.15, 0.2) is 0 Å². The van der Waals surface area contributed by atoms with Crippen LogP contribution in [0.5, 0.6) is 0 Å². The predicted molar refractivity (Wildman–Crippen MR) is 82.4 cm³/mol. The van der Waals surface area contributed by atoms with Gasteiger partial charge in [-0.2, -0.15) is 0 Å². The molecule has 0 rings (SSSR count). The largest absolute Gasteiger partial charge is 0.481 e. The Balaban J connectivity index is 3.09. The number of carbonyl (C=O) groups is 1. The van der Waals surface area contributed by atoms with Gasteiger partial charge in [0.05, 0.1) is 5.92 Å². The SMILES string of the molecule is CC(C)CCCCCCCCCCCC(C)C(=O)O. The summed E-state index contributed by atoms with van der Waals surface area (Å²) >= 11 is 0. The second-order valence-electron chi connectivity index (χ2n) is 6.39. The fourth-order valence-electron chi connectivity index (χ4n) is 2.36. The summed E-state index contributed by atoms with van der Waals surface area (Å²) in [5.41, 5.74) is 0. The average Bonchev–Trinajstić information content (AvgIpc) is 2.35.